The Kier molecular flexibility index (Phi) is 5.40. The second-order valence-electron chi connectivity index (χ2n) is 9.67. The molecule has 0 amide bonds. The van der Waals surface area contributed by atoms with E-state index in [4.69, 9.17) is 28.4 Å². The Balaban J connectivity index is 1.57. The predicted molar refractivity (Wildman–Crippen MR) is 127 cm³/mol. The number of rotatable bonds is 5. The molecule has 3 aliphatic heterocycles. The molecule has 0 unspecified atom stereocenters. The fourth-order valence-corrected chi connectivity index (χ4v) is 6.63. The molecular formula is C27H33NO6. The summed E-state index contributed by atoms with van der Waals surface area (Å²) in [5, 5.41) is 0. The van der Waals surface area contributed by atoms with Crippen molar-refractivity contribution in [3.05, 3.63) is 35.4 Å². The maximum Gasteiger partial charge on any atom is 0.231 e. The molecule has 0 spiro atoms. The number of hydrogen-bond acceptors (Lipinski definition) is 7. The zero-order valence-corrected chi connectivity index (χ0v) is 20.2. The van der Waals surface area contributed by atoms with E-state index in [9.17, 15) is 0 Å². The van der Waals surface area contributed by atoms with Gasteiger partial charge in [-0.15, -0.1) is 0 Å². The molecule has 2 aromatic carbocycles. The first-order valence-electron chi connectivity index (χ1n) is 12.4. The first-order chi connectivity index (χ1) is 16.7. The fraction of sp³-hybridized carbons (Fsp3) is 0.556. The molecule has 1 saturated heterocycles. The number of methoxy groups -OCH3 is 3. The van der Waals surface area contributed by atoms with Crippen molar-refractivity contribution in [3.8, 4) is 34.5 Å². The van der Waals surface area contributed by atoms with Gasteiger partial charge in [0, 0.05) is 43.0 Å². The minimum absolute atomic E-state index is 0.104. The summed E-state index contributed by atoms with van der Waals surface area (Å²) < 4.78 is 35.7. The van der Waals surface area contributed by atoms with Gasteiger partial charge in [0.05, 0.1) is 21.3 Å². The summed E-state index contributed by atoms with van der Waals surface area (Å²) in [5.74, 6) is 4.80. The summed E-state index contributed by atoms with van der Waals surface area (Å²) in [7, 11) is 4.99. The summed E-state index contributed by atoms with van der Waals surface area (Å²) >= 11 is 0. The van der Waals surface area contributed by atoms with E-state index in [1.165, 1.54) is 25.7 Å². The Labute approximate surface area is 200 Å². The summed E-state index contributed by atoms with van der Waals surface area (Å²) in [6.07, 6.45) is 6.96. The van der Waals surface area contributed by atoms with E-state index in [1.54, 1.807) is 21.3 Å². The Bertz CT molecular complexity index is 1060. The maximum absolute atomic E-state index is 7.05. The van der Waals surface area contributed by atoms with Gasteiger partial charge in [-0.05, 0) is 49.4 Å². The van der Waals surface area contributed by atoms with Crippen LogP contribution in [0.3, 0.4) is 0 Å². The molecule has 0 N–H and O–H groups in total. The molecule has 0 aromatic heterocycles. The zero-order valence-electron chi connectivity index (χ0n) is 20.2. The SMILES string of the molecule is COc1cc([C@H]2c3cc4c(cc3O[C@@]3(N5CCCC5)CCCC[C@H]23)OCO4)cc(OC)c1OC. The van der Waals surface area contributed by atoms with Crippen LogP contribution in [-0.2, 0) is 0 Å². The van der Waals surface area contributed by atoms with Crippen molar-refractivity contribution in [1.29, 1.82) is 0 Å². The molecule has 7 heteroatoms. The van der Waals surface area contributed by atoms with Crippen molar-refractivity contribution < 1.29 is 28.4 Å². The molecule has 7 nitrogen and oxygen atoms in total. The largest absolute Gasteiger partial charge is 0.493 e. The first kappa shape index (κ1) is 21.7. The predicted octanol–water partition coefficient (Wildman–Crippen LogP) is 4.95. The Morgan fingerprint density at radius 2 is 1.53 bits per heavy atom. The van der Waals surface area contributed by atoms with Gasteiger partial charge < -0.3 is 28.4 Å². The topological polar surface area (TPSA) is 58.6 Å². The number of hydrogen-bond donors (Lipinski definition) is 0. The van der Waals surface area contributed by atoms with Crippen LogP contribution in [0.15, 0.2) is 24.3 Å². The molecule has 2 fully saturated rings. The van der Waals surface area contributed by atoms with Gasteiger partial charge in [-0.1, -0.05) is 6.42 Å². The average molecular weight is 468 g/mol. The van der Waals surface area contributed by atoms with Crippen molar-refractivity contribution in [1.82, 2.24) is 4.90 Å². The summed E-state index contributed by atoms with van der Waals surface area (Å²) in [4.78, 5) is 2.61. The highest BCUT2D eigenvalue weighted by atomic mass is 16.7. The van der Waals surface area contributed by atoms with Crippen LogP contribution in [0.4, 0.5) is 0 Å². The van der Waals surface area contributed by atoms with Crippen LogP contribution in [0.2, 0.25) is 0 Å². The van der Waals surface area contributed by atoms with E-state index >= 15 is 0 Å². The van der Waals surface area contributed by atoms with Gasteiger partial charge in [-0.25, -0.2) is 0 Å². The molecule has 182 valence electrons. The molecule has 0 bridgehead atoms. The summed E-state index contributed by atoms with van der Waals surface area (Å²) in [5.41, 5.74) is 1.97. The minimum Gasteiger partial charge on any atom is -0.493 e. The van der Waals surface area contributed by atoms with Gasteiger partial charge in [0.25, 0.3) is 0 Å². The zero-order chi connectivity index (χ0) is 23.3. The lowest BCUT2D eigenvalue weighted by Crippen LogP contribution is -2.61. The molecular weight excluding hydrogens is 434 g/mol. The van der Waals surface area contributed by atoms with E-state index in [0.29, 0.717) is 23.2 Å². The molecule has 3 atom stereocenters. The molecule has 0 radical (unpaired) electrons. The highest BCUT2D eigenvalue weighted by Crippen LogP contribution is 2.58. The summed E-state index contributed by atoms with van der Waals surface area (Å²) in [6.45, 7) is 2.41. The van der Waals surface area contributed by atoms with Gasteiger partial charge in [-0.3, -0.25) is 4.90 Å². The number of nitrogens with zero attached hydrogens (tertiary/aromatic N) is 1. The average Bonchev–Trinajstić information content (AvgIpc) is 3.57. The van der Waals surface area contributed by atoms with Crippen LogP contribution in [0.1, 0.15) is 55.6 Å². The Morgan fingerprint density at radius 3 is 2.21 bits per heavy atom. The quantitative estimate of drug-likeness (QED) is 0.617. The van der Waals surface area contributed by atoms with Crippen LogP contribution in [-0.4, -0.2) is 51.8 Å². The molecule has 1 aliphatic carbocycles. The Hall–Kier alpha value is -2.80. The van der Waals surface area contributed by atoms with Gasteiger partial charge in [-0.2, -0.15) is 0 Å². The number of ether oxygens (including phenoxy) is 6. The van der Waals surface area contributed by atoms with Crippen molar-refractivity contribution >= 4 is 0 Å². The van der Waals surface area contributed by atoms with Crippen LogP contribution in [0.5, 0.6) is 34.5 Å². The molecule has 4 aliphatic rings. The smallest absolute Gasteiger partial charge is 0.231 e. The lowest BCUT2D eigenvalue weighted by atomic mass is 9.66. The highest BCUT2D eigenvalue weighted by molar-refractivity contribution is 5.60. The van der Waals surface area contributed by atoms with E-state index in [-0.39, 0.29) is 18.4 Å². The lowest BCUT2D eigenvalue weighted by molar-refractivity contribution is -0.154. The second-order valence-corrected chi connectivity index (χ2v) is 9.67. The van der Waals surface area contributed by atoms with E-state index < -0.39 is 0 Å². The molecule has 3 heterocycles. The van der Waals surface area contributed by atoms with Crippen LogP contribution >= 0.6 is 0 Å². The lowest BCUT2D eigenvalue weighted by Gasteiger charge is -2.55. The van der Waals surface area contributed by atoms with Crippen LogP contribution in [0.25, 0.3) is 0 Å². The first-order valence-corrected chi connectivity index (χ1v) is 12.4. The number of benzene rings is 2. The molecule has 2 aromatic rings. The van der Waals surface area contributed by atoms with E-state index in [1.807, 2.05) is 6.07 Å². The second kappa shape index (κ2) is 8.45. The monoisotopic (exact) mass is 467 g/mol. The van der Waals surface area contributed by atoms with E-state index in [0.717, 1.165) is 54.3 Å². The molecule has 34 heavy (non-hydrogen) atoms. The third kappa shape index (κ3) is 3.20. The maximum atomic E-state index is 7.05. The third-order valence-electron chi connectivity index (χ3n) is 8.10. The van der Waals surface area contributed by atoms with Gasteiger partial charge in [0.15, 0.2) is 28.7 Å². The van der Waals surface area contributed by atoms with Gasteiger partial charge in [0.2, 0.25) is 12.5 Å². The molecule has 6 rings (SSSR count). The Morgan fingerprint density at radius 1 is 0.824 bits per heavy atom. The van der Waals surface area contributed by atoms with Crippen molar-refractivity contribution in [2.24, 2.45) is 5.92 Å². The normalized spacial score (nSPS) is 27.5. The van der Waals surface area contributed by atoms with Gasteiger partial charge in [0.1, 0.15) is 5.75 Å². The van der Waals surface area contributed by atoms with Crippen molar-refractivity contribution in [2.75, 3.05) is 41.2 Å². The van der Waals surface area contributed by atoms with Crippen LogP contribution in [0, 0.1) is 5.92 Å². The van der Waals surface area contributed by atoms with Gasteiger partial charge >= 0.3 is 0 Å². The third-order valence-corrected chi connectivity index (χ3v) is 8.10. The van der Waals surface area contributed by atoms with Crippen molar-refractivity contribution in [2.45, 2.75) is 50.2 Å². The van der Waals surface area contributed by atoms with Crippen molar-refractivity contribution in [3.63, 3.8) is 0 Å². The molecule has 1 saturated carbocycles. The minimum atomic E-state index is -0.319. The van der Waals surface area contributed by atoms with E-state index in [2.05, 4.69) is 23.1 Å². The summed E-state index contributed by atoms with van der Waals surface area (Å²) in [6, 6.07) is 8.36. The highest BCUT2D eigenvalue weighted by Gasteiger charge is 2.55. The number of fused-ring (bicyclic) bond motifs is 3. The standard InChI is InChI=1S/C27H33NO6/c1-29-23-12-17(13-24(30-2)26(23)31-3)25-18-14-21-22(33-16-32-21)15-20(18)34-27(28-10-6-7-11-28)9-5-4-8-19(25)27/h12-15,19,25H,4-11,16H2,1-3H3/t19-,25+,27+/m1/s1. The van der Waals surface area contributed by atoms with Crippen LogP contribution < -0.4 is 28.4 Å². The number of likely N-dealkylation sites (tertiary alicyclic amines) is 1. The fourth-order valence-electron chi connectivity index (χ4n) is 6.63.